The van der Waals surface area contributed by atoms with Crippen LogP contribution in [-0.2, 0) is 12.8 Å². The van der Waals surface area contributed by atoms with Crippen LogP contribution >= 0.6 is 0 Å². The minimum absolute atomic E-state index is 0.931. The SMILES string of the molecule is CC#CCCNc1cccc2c1CCCC2. The molecule has 1 heteroatoms. The molecule has 0 radical (unpaired) electrons. The third-order valence-corrected chi connectivity index (χ3v) is 3.14. The summed E-state index contributed by atoms with van der Waals surface area (Å²) in [6, 6.07) is 6.63. The number of nitrogens with one attached hydrogen (secondary N) is 1. The van der Waals surface area contributed by atoms with Crippen LogP contribution in [0.1, 0.15) is 37.3 Å². The molecule has 16 heavy (non-hydrogen) atoms. The summed E-state index contributed by atoms with van der Waals surface area (Å²) in [5, 5.41) is 3.51. The number of hydrogen-bond acceptors (Lipinski definition) is 1. The molecule has 0 amide bonds. The minimum atomic E-state index is 0.931. The molecule has 0 bridgehead atoms. The lowest BCUT2D eigenvalue weighted by Gasteiger charge is -2.19. The van der Waals surface area contributed by atoms with Crippen molar-refractivity contribution in [1.82, 2.24) is 0 Å². The highest BCUT2D eigenvalue weighted by molar-refractivity contribution is 5.55. The fourth-order valence-corrected chi connectivity index (χ4v) is 2.33. The molecule has 0 aromatic heterocycles. The molecular weight excluding hydrogens is 194 g/mol. The first-order valence-corrected chi connectivity index (χ1v) is 6.16. The van der Waals surface area contributed by atoms with Gasteiger partial charge in [0.1, 0.15) is 0 Å². The van der Waals surface area contributed by atoms with E-state index in [-0.39, 0.29) is 0 Å². The summed E-state index contributed by atoms with van der Waals surface area (Å²) in [5.74, 6) is 6.01. The number of rotatable bonds is 3. The van der Waals surface area contributed by atoms with Gasteiger partial charge < -0.3 is 5.32 Å². The predicted octanol–water partition coefficient (Wildman–Crippen LogP) is 3.39. The quantitative estimate of drug-likeness (QED) is 0.599. The van der Waals surface area contributed by atoms with E-state index in [1.165, 1.54) is 36.9 Å². The third kappa shape index (κ3) is 2.58. The molecule has 1 aromatic rings. The molecule has 1 nitrogen and oxygen atoms in total. The fourth-order valence-electron chi connectivity index (χ4n) is 2.33. The van der Waals surface area contributed by atoms with Gasteiger partial charge in [-0.15, -0.1) is 11.8 Å². The lowest BCUT2D eigenvalue weighted by molar-refractivity contribution is 0.686. The smallest absolute Gasteiger partial charge is 0.0375 e. The van der Waals surface area contributed by atoms with Crippen molar-refractivity contribution < 1.29 is 0 Å². The first kappa shape index (κ1) is 11.1. The van der Waals surface area contributed by atoms with Crippen LogP contribution in [0.4, 0.5) is 5.69 Å². The van der Waals surface area contributed by atoms with E-state index < -0.39 is 0 Å². The molecule has 2 rings (SSSR count). The standard InChI is InChI=1S/C15H19N/c1-2-3-6-12-16-15-11-7-9-13-8-4-5-10-14(13)15/h7,9,11,16H,4-6,8,10,12H2,1H3. The molecule has 0 saturated heterocycles. The van der Waals surface area contributed by atoms with Crippen LogP contribution in [0.5, 0.6) is 0 Å². The van der Waals surface area contributed by atoms with Gasteiger partial charge in [-0.25, -0.2) is 0 Å². The highest BCUT2D eigenvalue weighted by atomic mass is 14.9. The Labute approximate surface area is 98.3 Å². The van der Waals surface area contributed by atoms with E-state index in [1.807, 2.05) is 6.92 Å². The number of benzene rings is 1. The minimum Gasteiger partial charge on any atom is -0.384 e. The molecule has 1 aliphatic rings. The van der Waals surface area contributed by atoms with Crippen molar-refractivity contribution in [2.24, 2.45) is 0 Å². The van der Waals surface area contributed by atoms with Crippen molar-refractivity contribution in [3.05, 3.63) is 29.3 Å². The molecule has 1 aliphatic carbocycles. The van der Waals surface area contributed by atoms with Crippen molar-refractivity contribution in [2.75, 3.05) is 11.9 Å². The Balaban J connectivity index is 2.04. The van der Waals surface area contributed by atoms with Gasteiger partial charge in [-0.3, -0.25) is 0 Å². The monoisotopic (exact) mass is 213 g/mol. The predicted molar refractivity (Wildman–Crippen MR) is 69.6 cm³/mol. The topological polar surface area (TPSA) is 12.0 Å². The summed E-state index contributed by atoms with van der Waals surface area (Å²) in [7, 11) is 0. The summed E-state index contributed by atoms with van der Waals surface area (Å²) in [5.41, 5.74) is 4.41. The van der Waals surface area contributed by atoms with Gasteiger partial charge in [0.05, 0.1) is 0 Å². The molecule has 0 atom stereocenters. The summed E-state index contributed by atoms with van der Waals surface area (Å²) >= 11 is 0. The van der Waals surface area contributed by atoms with Crippen LogP contribution in [0.25, 0.3) is 0 Å². The van der Waals surface area contributed by atoms with Crippen LogP contribution in [0.3, 0.4) is 0 Å². The molecular formula is C15H19N. The zero-order chi connectivity index (χ0) is 11.2. The molecule has 1 N–H and O–H groups in total. The summed E-state index contributed by atoms with van der Waals surface area (Å²) in [6.07, 6.45) is 6.09. The normalized spacial score (nSPS) is 13.6. The van der Waals surface area contributed by atoms with Crippen LogP contribution in [0, 0.1) is 11.8 Å². The average molecular weight is 213 g/mol. The van der Waals surface area contributed by atoms with Gasteiger partial charge in [0.2, 0.25) is 0 Å². The molecule has 0 unspecified atom stereocenters. The van der Waals surface area contributed by atoms with E-state index in [0.717, 1.165) is 13.0 Å². The molecule has 0 saturated carbocycles. The van der Waals surface area contributed by atoms with E-state index in [4.69, 9.17) is 0 Å². The Hall–Kier alpha value is -1.42. The van der Waals surface area contributed by atoms with Gasteiger partial charge in [-0.1, -0.05) is 12.1 Å². The molecule has 84 valence electrons. The molecule has 0 spiro atoms. The van der Waals surface area contributed by atoms with Crippen LogP contribution in [0.2, 0.25) is 0 Å². The summed E-state index contributed by atoms with van der Waals surface area (Å²) in [4.78, 5) is 0. The Kier molecular flexibility index (Phi) is 3.88. The maximum absolute atomic E-state index is 3.51. The van der Waals surface area contributed by atoms with E-state index in [9.17, 15) is 0 Å². The Morgan fingerprint density at radius 1 is 1.25 bits per heavy atom. The second-order valence-electron chi connectivity index (χ2n) is 4.25. The maximum Gasteiger partial charge on any atom is 0.0375 e. The van der Waals surface area contributed by atoms with Gasteiger partial charge in [0.15, 0.2) is 0 Å². The van der Waals surface area contributed by atoms with Crippen LogP contribution in [0.15, 0.2) is 18.2 Å². The van der Waals surface area contributed by atoms with Crippen molar-refractivity contribution in [3.63, 3.8) is 0 Å². The fraction of sp³-hybridized carbons (Fsp3) is 0.467. The molecule has 0 fully saturated rings. The van der Waals surface area contributed by atoms with E-state index in [1.54, 1.807) is 5.56 Å². The molecule has 0 aliphatic heterocycles. The van der Waals surface area contributed by atoms with E-state index in [2.05, 4.69) is 35.4 Å². The van der Waals surface area contributed by atoms with Crippen LogP contribution in [-0.4, -0.2) is 6.54 Å². The van der Waals surface area contributed by atoms with Gasteiger partial charge in [-0.2, -0.15) is 0 Å². The summed E-state index contributed by atoms with van der Waals surface area (Å²) in [6.45, 7) is 2.85. The highest BCUT2D eigenvalue weighted by Gasteiger charge is 2.11. The molecule has 0 heterocycles. The zero-order valence-corrected chi connectivity index (χ0v) is 9.97. The Morgan fingerprint density at radius 2 is 2.12 bits per heavy atom. The number of fused-ring (bicyclic) bond motifs is 1. The first-order chi connectivity index (χ1) is 7.92. The lowest BCUT2D eigenvalue weighted by Crippen LogP contribution is -2.09. The Morgan fingerprint density at radius 3 is 3.00 bits per heavy atom. The van der Waals surface area contributed by atoms with Gasteiger partial charge in [-0.05, 0) is 49.8 Å². The van der Waals surface area contributed by atoms with Crippen LogP contribution < -0.4 is 5.32 Å². The number of anilines is 1. The largest absolute Gasteiger partial charge is 0.384 e. The first-order valence-electron chi connectivity index (χ1n) is 6.16. The number of hydrogen-bond donors (Lipinski definition) is 1. The lowest BCUT2D eigenvalue weighted by atomic mass is 9.90. The second kappa shape index (κ2) is 5.61. The average Bonchev–Trinajstić information content (AvgIpc) is 2.35. The van der Waals surface area contributed by atoms with Crippen molar-refractivity contribution in [1.29, 1.82) is 0 Å². The zero-order valence-electron chi connectivity index (χ0n) is 9.97. The summed E-state index contributed by atoms with van der Waals surface area (Å²) < 4.78 is 0. The third-order valence-electron chi connectivity index (χ3n) is 3.14. The van der Waals surface area contributed by atoms with Crippen molar-refractivity contribution in [2.45, 2.75) is 39.0 Å². The maximum atomic E-state index is 3.51. The molecule has 1 aromatic carbocycles. The number of aryl methyl sites for hydroxylation is 1. The Bertz CT molecular complexity index is 409. The highest BCUT2D eigenvalue weighted by Crippen LogP contribution is 2.27. The van der Waals surface area contributed by atoms with Crippen molar-refractivity contribution >= 4 is 5.69 Å². The van der Waals surface area contributed by atoms with Gasteiger partial charge in [0.25, 0.3) is 0 Å². The van der Waals surface area contributed by atoms with Gasteiger partial charge >= 0.3 is 0 Å². The van der Waals surface area contributed by atoms with E-state index in [0.29, 0.717) is 0 Å². The second-order valence-corrected chi connectivity index (χ2v) is 4.25. The van der Waals surface area contributed by atoms with E-state index >= 15 is 0 Å². The van der Waals surface area contributed by atoms with Crippen molar-refractivity contribution in [3.8, 4) is 11.8 Å². The van der Waals surface area contributed by atoms with Gasteiger partial charge in [0, 0.05) is 18.7 Å².